The predicted octanol–water partition coefficient (Wildman–Crippen LogP) is 6.30. The Morgan fingerprint density at radius 1 is 1.18 bits per heavy atom. The van der Waals surface area contributed by atoms with E-state index in [1.165, 1.54) is 16.2 Å². The maximum Gasteiger partial charge on any atom is 0.301 e. The van der Waals surface area contributed by atoms with Gasteiger partial charge in [-0.05, 0) is 73.5 Å². The maximum atomic E-state index is 13.5. The average Bonchev–Trinajstić information content (AvgIpc) is 3.56. The van der Waals surface area contributed by atoms with Gasteiger partial charge in [0.05, 0.1) is 28.4 Å². The van der Waals surface area contributed by atoms with Crippen molar-refractivity contribution in [1.82, 2.24) is 4.98 Å². The van der Waals surface area contributed by atoms with Gasteiger partial charge in [-0.15, -0.1) is 0 Å². The van der Waals surface area contributed by atoms with Gasteiger partial charge in [0.1, 0.15) is 23.4 Å². The van der Waals surface area contributed by atoms with Crippen LogP contribution < -0.4 is 14.4 Å². The van der Waals surface area contributed by atoms with Crippen molar-refractivity contribution in [3.63, 3.8) is 0 Å². The third-order valence-corrected chi connectivity index (χ3v) is 7.90. The lowest BCUT2D eigenvalue weighted by Gasteiger charge is -2.23. The Morgan fingerprint density at radius 2 is 2.03 bits per heavy atom. The van der Waals surface area contributed by atoms with E-state index in [1.54, 1.807) is 36.4 Å². The average molecular weight is 547 g/mol. The fourth-order valence-corrected chi connectivity index (χ4v) is 6.22. The first kappa shape index (κ1) is 24.5. The summed E-state index contributed by atoms with van der Waals surface area (Å²) in [7, 11) is 0. The van der Waals surface area contributed by atoms with Crippen LogP contribution in [0.15, 0.2) is 66.2 Å². The summed E-state index contributed by atoms with van der Waals surface area (Å²) in [6.07, 6.45) is 0.722. The minimum Gasteiger partial charge on any atom is -0.507 e. The first-order chi connectivity index (χ1) is 18.3. The second-order valence-corrected chi connectivity index (χ2v) is 10.7. The minimum atomic E-state index is -0.913. The minimum absolute atomic E-state index is 0.0153. The third-order valence-electron chi connectivity index (χ3n) is 6.64. The normalized spacial score (nSPS) is 20.1. The van der Waals surface area contributed by atoms with Gasteiger partial charge in [-0.25, -0.2) is 4.98 Å². The molecule has 38 heavy (non-hydrogen) atoms. The Morgan fingerprint density at radius 3 is 2.82 bits per heavy atom. The summed E-state index contributed by atoms with van der Waals surface area (Å²) in [6.45, 7) is 4.40. The van der Waals surface area contributed by atoms with E-state index in [0.717, 1.165) is 16.0 Å². The molecule has 0 unspecified atom stereocenters. The number of halogens is 1. The number of ether oxygens (including phenoxy) is 2. The quantitative estimate of drug-likeness (QED) is 0.179. The molecule has 9 heteroatoms. The number of nitrogens with zero attached hydrogens (tertiary/aromatic N) is 2. The number of thiazole rings is 1. The number of fused-ring (bicyclic) bond motifs is 2. The molecule has 3 heterocycles. The molecule has 2 atom stereocenters. The van der Waals surface area contributed by atoms with Crippen LogP contribution in [0.2, 0.25) is 5.02 Å². The lowest BCUT2D eigenvalue weighted by Crippen LogP contribution is -2.29. The number of aromatic nitrogens is 1. The van der Waals surface area contributed by atoms with Crippen molar-refractivity contribution < 1.29 is 24.2 Å². The molecule has 0 radical (unpaired) electrons. The van der Waals surface area contributed by atoms with Crippen LogP contribution in [0, 0.1) is 0 Å². The van der Waals surface area contributed by atoms with Gasteiger partial charge in [0, 0.05) is 17.0 Å². The van der Waals surface area contributed by atoms with Crippen LogP contribution in [0.3, 0.4) is 0 Å². The SMILES string of the molecule is CCOc1ccc2nc(N3C(=O)C(=O)/C(=C(/O)c4ccc5c(c4)C[C@H](C)O5)[C@H]3c3cccc(Cl)c3)sc2c1. The number of Topliss-reactive ketones (excluding diaryl/α,β-unsaturated/α-hetero) is 1. The summed E-state index contributed by atoms with van der Waals surface area (Å²) in [4.78, 5) is 33.0. The van der Waals surface area contributed by atoms with Crippen molar-refractivity contribution in [2.45, 2.75) is 32.4 Å². The first-order valence-corrected chi connectivity index (χ1v) is 13.4. The van der Waals surface area contributed by atoms with Gasteiger partial charge in [0.2, 0.25) is 0 Å². The number of ketones is 1. The smallest absolute Gasteiger partial charge is 0.301 e. The number of aliphatic hydroxyl groups is 1. The molecule has 0 saturated carbocycles. The number of amides is 1. The molecule has 1 saturated heterocycles. The van der Waals surface area contributed by atoms with Gasteiger partial charge in [0.25, 0.3) is 5.78 Å². The number of rotatable bonds is 5. The van der Waals surface area contributed by atoms with Gasteiger partial charge in [-0.2, -0.15) is 0 Å². The first-order valence-electron chi connectivity index (χ1n) is 12.2. The molecule has 0 bridgehead atoms. The van der Waals surface area contributed by atoms with Crippen LogP contribution in [0.25, 0.3) is 16.0 Å². The Bertz CT molecular complexity index is 1650. The largest absolute Gasteiger partial charge is 0.507 e. The molecule has 6 rings (SSSR count). The van der Waals surface area contributed by atoms with Crippen molar-refractivity contribution in [1.29, 1.82) is 0 Å². The zero-order valence-electron chi connectivity index (χ0n) is 20.6. The van der Waals surface area contributed by atoms with Crippen molar-refractivity contribution in [2.75, 3.05) is 11.5 Å². The van der Waals surface area contributed by atoms with E-state index in [-0.39, 0.29) is 17.4 Å². The van der Waals surface area contributed by atoms with Crippen LogP contribution >= 0.6 is 22.9 Å². The second-order valence-electron chi connectivity index (χ2n) is 9.24. The lowest BCUT2D eigenvalue weighted by atomic mass is 9.94. The van der Waals surface area contributed by atoms with E-state index in [0.29, 0.717) is 45.6 Å². The topological polar surface area (TPSA) is 89.0 Å². The third kappa shape index (κ3) is 4.10. The van der Waals surface area contributed by atoms with Crippen LogP contribution in [-0.4, -0.2) is 34.5 Å². The van der Waals surface area contributed by atoms with Crippen molar-refractivity contribution >= 4 is 55.7 Å². The predicted molar refractivity (Wildman–Crippen MR) is 147 cm³/mol. The summed E-state index contributed by atoms with van der Waals surface area (Å²) in [5, 5.41) is 12.3. The number of anilines is 1. The van der Waals surface area contributed by atoms with Crippen molar-refractivity contribution in [3.05, 3.63) is 87.9 Å². The highest BCUT2D eigenvalue weighted by atomic mass is 35.5. The highest BCUT2D eigenvalue weighted by molar-refractivity contribution is 7.22. The molecule has 3 aromatic carbocycles. The van der Waals surface area contributed by atoms with E-state index in [4.69, 9.17) is 21.1 Å². The summed E-state index contributed by atoms with van der Waals surface area (Å²) in [5.41, 5.74) is 2.63. The van der Waals surface area contributed by atoms with E-state index in [2.05, 4.69) is 4.98 Å². The van der Waals surface area contributed by atoms with Crippen LogP contribution in [0.4, 0.5) is 5.13 Å². The number of benzene rings is 3. The van der Waals surface area contributed by atoms with Gasteiger partial charge in [-0.3, -0.25) is 14.5 Å². The molecule has 0 aliphatic carbocycles. The van der Waals surface area contributed by atoms with Crippen LogP contribution in [-0.2, 0) is 16.0 Å². The van der Waals surface area contributed by atoms with Gasteiger partial charge < -0.3 is 14.6 Å². The van der Waals surface area contributed by atoms with E-state index in [1.807, 2.05) is 38.1 Å². The molecule has 2 aliphatic heterocycles. The Hall–Kier alpha value is -3.88. The van der Waals surface area contributed by atoms with Crippen molar-refractivity contribution in [3.8, 4) is 11.5 Å². The van der Waals surface area contributed by atoms with Gasteiger partial charge >= 0.3 is 5.91 Å². The van der Waals surface area contributed by atoms with E-state index in [9.17, 15) is 14.7 Å². The molecule has 2 aliphatic rings. The van der Waals surface area contributed by atoms with E-state index < -0.39 is 17.7 Å². The maximum absolute atomic E-state index is 13.5. The molecule has 1 N–H and O–H groups in total. The summed E-state index contributed by atoms with van der Waals surface area (Å²) in [6, 6.07) is 16.8. The number of carbonyl (C=O) groups is 2. The highest BCUT2D eigenvalue weighted by Crippen LogP contribution is 2.45. The summed E-state index contributed by atoms with van der Waals surface area (Å²) < 4.78 is 12.2. The summed E-state index contributed by atoms with van der Waals surface area (Å²) >= 11 is 7.59. The number of carbonyl (C=O) groups excluding carboxylic acids is 2. The highest BCUT2D eigenvalue weighted by Gasteiger charge is 2.48. The molecule has 1 amide bonds. The van der Waals surface area contributed by atoms with Crippen molar-refractivity contribution in [2.24, 2.45) is 0 Å². The fraction of sp³-hybridized carbons (Fsp3) is 0.207. The zero-order valence-corrected chi connectivity index (χ0v) is 22.2. The lowest BCUT2D eigenvalue weighted by molar-refractivity contribution is -0.132. The van der Waals surface area contributed by atoms with Gasteiger partial charge in [0.15, 0.2) is 5.13 Å². The molecule has 0 spiro atoms. The monoisotopic (exact) mass is 546 g/mol. The standard InChI is InChI=1S/C29H23ClN2O5S/c1-3-36-20-8-9-21-23(14-20)38-29(31-21)32-25(16-5-4-6-19(30)13-16)24(27(34)28(32)35)26(33)17-7-10-22-18(12-17)11-15(2)37-22/h4-10,12-15,25,33H,3,11H2,1-2H3/b26-24+/t15-,25+/m0/s1. The number of hydrogen-bond donors (Lipinski definition) is 1. The zero-order chi connectivity index (χ0) is 26.6. The Balaban J connectivity index is 1.51. The molecule has 192 valence electrons. The summed E-state index contributed by atoms with van der Waals surface area (Å²) in [5.74, 6) is -0.358. The molecular weight excluding hydrogens is 524 g/mol. The van der Waals surface area contributed by atoms with E-state index >= 15 is 0 Å². The molecule has 7 nitrogen and oxygen atoms in total. The molecule has 1 aromatic heterocycles. The number of hydrogen-bond acceptors (Lipinski definition) is 7. The Labute approximate surface area is 227 Å². The van der Waals surface area contributed by atoms with Crippen LogP contribution in [0.5, 0.6) is 11.5 Å². The second kappa shape index (κ2) is 9.45. The molecule has 4 aromatic rings. The van der Waals surface area contributed by atoms with Gasteiger partial charge in [-0.1, -0.05) is 35.1 Å². The molecular formula is C29H23ClN2O5S. The fourth-order valence-electron chi connectivity index (χ4n) is 5.00. The Kier molecular flexibility index (Phi) is 6.08. The number of aliphatic hydroxyl groups excluding tert-OH is 1. The molecule has 1 fully saturated rings. The van der Waals surface area contributed by atoms with Crippen LogP contribution in [0.1, 0.15) is 36.6 Å².